The highest BCUT2D eigenvalue weighted by atomic mass is 32.2. The number of thiophene rings is 1. The van der Waals surface area contributed by atoms with Gasteiger partial charge in [0.05, 0.1) is 9.77 Å². The molecular weight excluding hydrogens is 374 g/mol. The Bertz CT molecular complexity index is 1020. The van der Waals surface area contributed by atoms with Gasteiger partial charge < -0.3 is 9.84 Å². The lowest BCUT2D eigenvalue weighted by molar-refractivity contribution is -0.116. The summed E-state index contributed by atoms with van der Waals surface area (Å²) in [5.41, 5.74) is 1.26. The zero-order chi connectivity index (χ0) is 18.7. The maximum atomic E-state index is 12.2. The normalized spacial score (nSPS) is 11.5. The van der Waals surface area contributed by atoms with E-state index in [4.69, 9.17) is 4.52 Å². The second-order valence-electron chi connectivity index (χ2n) is 5.79. The molecule has 0 aliphatic rings. The molecule has 0 spiro atoms. The van der Waals surface area contributed by atoms with Crippen LogP contribution in [0.4, 0.5) is 5.69 Å². The van der Waals surface area contributed by atoms with Crippen LogP contribution >= 0.6 is 11.3 Å². The third kappa shape index (κ3) is 4.36. The summed E-state index contributed by atoms with van der Waals surface area (Å²) in [6, 6.07) is 8.44. The van der Waals surface area contributed by atoms with Crippen LogP contribution < -0.4 is 5.32 Å². The second-order valence-corrected chi connectivity index (χ2v) is 8.75. The van der Waals surface area contributed by atoms with E-state index < -0.39 is 9.84 Å². The summed E-state index contributed by atoms with van der Waals surface area (Å²) in [6.07, 6.45) is 1.58. The first-order valence-corrected chi connectivity index (χ1v) is 10.6. The van der Waals surface area contributed by atoms with Crippen molar-refractivity contribution in [2.45, 2.75) is 24.7 Å². The lowest BCUT2D eigenvalue weighted by Crippen LogP contribution is -2.14. The van der Waals surface area contributed by atoms with E-state index in [0.717, 1.165) is 16.7 Å². The van der Waals surface area contributed by atoms with Gasteiger partial charge in [0.2, 0.25) is 17.6 Å². The average Bonchev–Trinajstić information content (AvgIpc) is 3.25. The van der Waals surface area contributed by atoms with Crippen molar-refractivity contribution in [2.24, 2.45) is 0 Å². The highest BCUT2D eigenvalue weighted by molar-refractivity contribution is 7.90. The number of carbonyl (C=O) groups excluding carboxylic acids is 1. The van der Waals surface area contributed by atoms with Crippen LogP contribution in [0.25, 0.3) is 10.7 Å². The number of hydrogen-bond donors (Lipinski definition) is 1. The number of benzene rings is 1. The number of rotatable bonds is 6. The fourth-order valence-corrected chi connectivity index (χ4v) is 3.56. The molecule has 136 valence electrons. The van der Waals surface area contributed by atoms with Gasteiger partial charge in [-0.2, -0.15) is 4.98 Å². The first-order chi connectivity index (χ1) is 12.3. The first-order valence-electron chi connectivity index (χ1n) is 7.80. The van der Waals surface area contributed by atoms with Crippen LogP contribution in [0.15, 0.2) is 45.1 Å². The number of nitrogens with one attached hydrogen (secondary N) is 1. The minimum absolute atomic E-state index is 0.147. The van der Waals surface area contributed by atoms with Crippen molar-refractivity contribution in [3.63, 3.8) is 0 Å². The van der Waals surface area contributed by atoms with Gasteiger partial charge in [0.25, 0.3) is 0 Å². The Hall–Kier alpha value is -2.52. The molecule has 1 N–H and O–H groups in total. The van der Waals surface area contributed by atoms with E-state index in [0.29, 0.717) is 23.8 Å². The Labute approximate surface area is 155 Å². The van der Waals surface area contributed by atoms with Crippen LogP contribution in [0.1, 0.15) is 17.9 Å². The van der Waals surface area contributed by atoms with Crippen molar-refractivity contribution < 1.29 is 17.7 Å². The van der Waals surface area contributed by atoms with Crippen LogP contribution in [0.5, 0.6) is 0 Å². The van der Waals surface area contributed by atoms with Gasteiger partial charge >= 0.3 is 0 Å². The Morgan fingerprint density at radius 3 is 2.81 bits per heavy atom. The van der Waals surface area contributed by atoms with Gasteiger partial charge in [-0.05, 0) is 36.1 Å². The van der Waals surface area contributed by atoms with Crippen LogP contribution in [0, 0.1) is 6.92 Å². The Morgan fingerprint density at radius 1 is 1.31 bits per heavy atom. The summed E-state index contributed by atoms with van der Waals surface area (Å²) in [5.74, 6) is 0.631. The average molecular weight is 391 g/mol. The lowest BCUT2D eigenvalue weighted by atomic mass is 10.2. The van der Waals surface area contributed by atoms with Gasteiger partial charge in [-0.1, -0.05) is 17.3 Å². The summed E-state index contributed by atoms with van der Waals surface area (Å²) >= 11 is 1.51. The quantitative estimate of drug-likeness (QED) is 0.693. The minimum atomic E-state index is -3.34. The monoisotopic (exact) mass is 391 g/mol. The predicted molar refractivity (Wildman–Crippen MR) is 98.9 cm³/mol. The second kappa shape index (κ2) is 7.38. The van der Waals surface area contributed by atoms with Crippen LogP contribution in [0.3, 0.4) is 0 Å². The Balaban J connectivity index is 1.63. The van der Waals surface area contributed by atoms with Crippen molar-refractivity contribution >= 4 is 32.8 Å². The molecule has 0 radical (unpaired) electrons. The molecule has 0 unspecified atom stereocenters. The molecule has 2 aromatic heterocycles. The largest absolute Gasteiger partial charge is 0.339 e. The predicted octanol–water partition coefficient (Wildman–Crippen LogP) is 3.08. The summed E-state index contributed by atoms with van der Waals surface area (Å²) in [4.78, 5) is 17.5. The SMILES string of the molecule is Cc1ccc(S(C)(=O)=O)cc1NC(=O)CCc1nc(-c2cccs2)no1. The fraction of sp³-hybridized carbons (Fsp3) is 0.235. The van der Waals surface area contributed by atoms with E-state index in [2.05, 4.69) is 15.5 Å². The van der Waals surface area contributed by atoms with Crippen molar-refractivity contribution in [1.29, 1.82) is 0 Å². The number of carbonyl (C=O) groups is 1. The smallest absolute Gasteiger partial charge is 0.227 e. The van der Waals surface area contributed by atoms with Crippen LogP contribution in [-0.4, -0.2) is 30.7 Å². The van der Waals surface area contributed by atoms with Crippen molar-refractivity contribution in [1.82, 2.24) is 10.1 Å². The maximum absolute atomic E-state index is 12.2. The molecule has 7 nitrogen and oxygen atoms in total. The number of nitrogens with zero attached hydrogens (tertiary/aromatic N) is 2. The van der Waals surface area contributed by atoms with Crippen molar-refractivity contribution in [3.8, 4) is 10.7 Å². The van der Waals surface area contributed by atoms with Crippen LogP contribution in [-0.2, 0) is 21.1 Å². The summed E-state index contributed by atoms with van der Waals surface area (Å²) in [6.45, 7) is 1.80. The number of amides is 1. The molecule has 0 atom stereocenters. The van der Waals surface area contributed by atoms with Gasteiger partial charge in [0.1, 0.15) is 0 Å². The van der Waals surface area contributed by atoms with Gasteiger partial charge in [-0.15, -0.1) is 11.3 Å². The summed E-state index contributed by atoms with van der Waals surface area (Å²) < 4.78 is 28.5. The molecule has 0 aliphatic carbocycles. The van der Waals surface area contributed by atoms with Gasteiger partial charge in [-0.3, -0.25) is 4.79 Å². The number of anilines is 1. The van der Waals surface area contributed by atoms with Gasteiger partial charge in [0, 0.05) is 24.8 Å². The molecule has 2 heterocycles. The molecule has 0 fully saturated rings. The summed E-state index contributed by atoms with van der Waals surface area (Å²) in [5, 5.41) is 8.56. The standard InChI is InChI=1S/C17H17N3O4S2/c1-11-5-6-12(26(2,22)23)10-13(11)18-15(21)7-8-16-19-17(20-24-16)14-4-3-9-25-14/h3-6,9-10H,7-8H2,1-2H3,(H,18,21). The van der Waals surface area contributed by atoms with E-state index in [1.165, 1.54) is 23.5 Å². The van der Waals surface area contributed by atoms with Gasteiger partial charge in [0.15, 0.2) is 9.84 Å². The molecule has 9 heteroatoms. The third-order valence-electron chi connectivity index (χ3n) is 3.69. The molecule has 26 heavy (non-hydrogen) atoms. The molecule has 0 aliphatic heterocycles. The first kappa shape index (κ1) is 18.3. The van der Waals surface area contributed by atoms with E-state index >= 15 is 0 Å². The number of sulfone groups is 1. The molecule has 0 bridgehead atoms. The minimum Gasteiger partial charge on any atom is -0.339 e. The number of hydrogen-bond acceptors (Lipinski definition) is 7. The highest BCUT2D eigenvalue weighted by Crippen LogP contribution is 2.22. The number of aryl methyl sites for hydroxylation is 2. The lowest BCUT2D eigenvalue weighted by Gasteiger charge is -2.09. The highest BCUT2D eigenvalue weighted by Gasteiger charge is 2.14. The third-order valence-corrected chi connectivity index (χ3v) is 5.66. The van der Waals surface area contributed by atoms with E-state index in [9.17, 15) is 13.2 Å². The molecule has 0 saturated heterocycles. The van der Waals surface area contributed by atoms with E-state index in [-0.39, 0.29) is 17.2 Å². The zero-order valence-corrected chi connectivity index (χ0v) is 15.9. The molecule has 3 aromatic rings. The zero-order valence-electron chi connectivity index (χ0n) is 14.2. The maximum Gasteiger partial charge on any atom is 0.227 e. The van der Waals surface area contributed by atoms with Crippen molar-refractivity contribution in [2.75, 3.05) is 11.6 Å². The van der Waals surface area contributed by atoms with E-state index in [1.807, 2.05) is 17.5 Å². The molecule has 1 aromatic carbocycles. The molecule has 3 rings (SSSR count). The molecule has 1 amide bonds. The molecule has 0 saturated carbocycles. The Morgan fingerprint density at radius 2 is 2.12 bits per heavy atom. The fourth-order valence-electron chi connectivity index (χ4n) is 2.26. The van der Waals surface area contributed by atoms with Crippen molar-refractivity contribution in [3.05, 3.63) is 47.2 Å². The van der Waals surface area contributed by atoms with Gasteiger partial charge in [-0.25, -0.2) is 8.42 Å². The van der Waals surface area contributed by atoms with Crippen LogP contribution in [0.2, 0.25) is 0 Å². The van der Waals surface area contributed by atoms with E-state index in [1.54, 1.807) is 13.0 Å². The number of aromatic nitrogens is 2. The topological polar surface area (TPSA) is 102 Å². The summed E-state index contributed by atoms with van der Waals surface area (Å²) in [7, 11) is -3.34. The Kier molecular flexibility index (Phi) is 5.19. The molecular formula is C17H17N3O4S2.